The number of aliphatic hydroxyl groups is 1. The van der Waals surface area contributed by atoms with Crippen molar-refractivity contribution in [3.63, 3.8) is 0 Å². The monoisotopic (exact) mass is 685 g/mol. The van der Waals surface area contributed by atoms with Gasteiger partial charge in [0.2, 0.25) is 0 Å². The second-order valence-electron chi connectivity index (χ2n) is 12.4. The third-order valence-electron chi connectivity index (χ3n) is 8.37. The topological polar surface area (TPSA) is 164 Å². The van der Waals surface area contributed by atoms with Crippen molar-refractivity contribution in [2.45, 2.75) is 77.0 Å². The Morgan fingerprint density at radius 3 is 2.52 bits per heavy atom. The number of amides is 3. The number of aryl methyl sites for hydroxylation is 2. The van der Waals surface area contributed by atoms with Crippen molar-refractivity contribution in [2.75, 3.05) is 43.4 Å². The number of para-hydroxylation sites is 1. The highest BCUT2D eigenvalue weighted by Gasteiger charge is 2.32. The van der Waals surface area contributed by atoms with Crippen LogP contribution in [0.3, 0.4) is 0 Å². The van der Waals surface area contributed by atoms with Crippen LogP contribution in [0.1, 0.15) is 61.8 Å². The largest absolute Gasteiger partial charge is 0.490 e. The van der Waals surface area contributed by atoms with Gasteiger partial charge in [0.1, 0.15) is 11.4 Å². The zero-order chi connectivity index (χ0) is 35.0. The van der Waals surface area contributed by atoms with Gasteiger partial charge in [-0.05, 0) is 77.3 Å². The smallest absolute Gasteiger partial charge is 0.321 e. The Labute approximate surface area is 282 Å². The van der Waals surface area contributed by atoms with Crippen molar-refractivity contribution in [1.82, 2.24) is 15.0 Å². The van der Waals surface area contributed by atoms with Gasteiger partial charge in [-0.25, -0.2) is 13.2 Å². The normalized spacial score (nSPS) is 20.2. The Kier molecular flexibility index (Phi) is 12.5. The summed E-state index contributed by atoms with van der Waals surface area (Å²) < 4.78 is 46.8. The van der Waals surface area contributed by atoms with Crippen LogP contribution in [-0.4, -0.2) is 92.0 Å². The third-order valence-corrected chi connectivity index (χ3v) is 9.99. The number of likely N-dealkylation sites (N-methyl/N-ethyl adjacent to an activating group) is 1. The molecule has 262 valence electrons. The van der Waals surface area contributed by atoms with Crippen molar-refractivity contribution in [3.8, 4) is 5.75 Å². The summed E-state index contributed by atoms with van der Waals surface area (Å²) in [5.41, 5.74) is 1.17. The summed E-state index contributed by atoms with van der Waals surface area (Å²) >= 11 is 0. The Bertz CT molecular complexity index is 1630. The number of carbonyl (C=O) groups excluding carboxylic acids is 2. The predicted molar refractivity (Wildman–Crippen MR) is 182 cm³/mol. The minimum atomic E-state index is -4.09. The number of rotatable bonds is 8. The molecule has 1 aliphatic rings. The number of sulfonamides is 1. The maximum atomic E-state index is 14.4. The van der Waals surface area contributed by atoms with Crippen molar-refractivity contribution in [1.29, 1.82) is 0 Å². The van der Waals surface area contributed by atoms with Gasteiger partial charge in [0.25, 0.3) is 15.9 Å². The van der Waals surface area contributed by atoms with E-state index in [1.54, 1.807) is 31.0 Å². The first-order valence-corrected chi connectivity index (χ1v) is 17.7. The van der Waals surface area contributed by atoms with Crippen LogP contribution >= 0.6 is 0 Å². The average Bonchev–Trinajstić information content (AvgIpc) is 3.40. The number of nitrogens with zero attached hydrogens (tertiary/aromatic N) is 3. The second-order valence-corrected chi connectivity index (χ2v) is 14.1. The summed E-state index contributed by atoms with van der Waals surface area (Å²) in [7, 11) is -2.40. The first kappa shape index (κ1) is 36.7. The molecule has 13 nitrogen and oxygen atoms in total. The zero-order valence-electron chi connectivity index (χ0n) is 28.4. The summed E-state index contributed by atoms with van der Waals surface area (Å²) in [6.45, 7) is 9.23. The van der Waals surface area contributed by atoms with Gasteiger partial charge in [0, 0.05) is 44.0 Å². The van der Waals surface area contributed by atoms with Crippen molar-refractivity contribution in [3.05, 3.63) is 65.5 Å². The van der Waals surface area contributed by atoms with E-state index in [4.69, 9.17) is 14.0 Å². The molecule has 0 bridgehead atoms. The Balaban J connectivity index is 1.64. The molecule has 0 saturated carbocycles. The van der Waals surface area contributed by atoms with E-state index in [9.17, 15) is 23.1 Å². The van der Waals surface area contributed by atoms with Gasteiger partial charge in [-0.3, -0.25) is 9.52 Å². The third kappa shape index (κ3) is 9.26. The highest BCUT2D eigenvalue weighted by molar-refractivity contribution is 7.92. The zero-order valence-corrected chi connectivity index (χ0v) is 29.2. The van der Waals surface area contributed by atoms with Crippen LogP contribution < -0.4 is 14.8 Å². The summed E-state index contributed by atoms with van der Waals surface area (Å²) in [4.78, 5) is 30.4. The maximum Gasteiger partial charge on any atom is 0.321 e. The molecule has 0 fully saturated rings. The standard InChI is InChI=1S/C34H47N5O8S/c1-22-19-39(23(2)21-40)33(41)29-18-28(37-48(43,44)32-25(4)36-47-26(32)5)15-16-30(29)46-24(3)12-10-11-17-45-31(22)20-38(6)34(42)35-27-13-8-7-9-14-27/h7-9,13-16,18,22-24,31,37,40H,10-12,17,19-21H2,1-6H3,(H,35,42)/t22-,23+,24+,31-/m1/s1. The SMILES string of the molecule is Cc1noc(C)c1S(=O)(=O)Nc1ccc2c(c1)C(=O)N([C@@H](C)CO)C[C@@H](C)[C@@H](CN(C)C(=O)Nc1ccccc1)OCCCC[C@H](C)O2. The quantitative estimate of drug-likeness (QED) is 0.294. The van der Waals surface area contributed by atoms with Gasteiger partial charge in [0.05, 0.1) is 30.4 Å². The lowest BCUT2D eigenvalue weighted by Gasteiger charge is -2.35. The molecule has 0 radical (unpaired) electrons. The van der Waals surface area contributed by atoms with Crippen molar-refractivity contribution >= 4 is 33.3 Å². The molecule has 48 heavy (non-hydrogen) atoms. The van der Waals surface area contributed by atoms with Gasteiger partial charge < -0.3 is 34.2 Å². The second kappa shape index (κ2) is 16.3. The molecule has 2 aromatic carbocycles. The van der Waals surface area contributed by atoms with Crippen LogP contribution in [0.15, 0.2) is 57.9 Å². The lowest BCUT2D eigenvalue weighted by atomic mass is 10.0. The number of aromatic nitrogens is 1. The van der Waals surface area contributed by atoms with Gasteiger partial charge in [-0.2, -0.15) is 0 Å². The number of hydrogen-bond donors (Lipinski definition) is 3. The Morgan fingerprint density at radius 2 is 1.85 bits per heavy atom. The molecule has 0 spiro atoms. The van der Waals surface area contributed by atoms with Gasteiger partial charge in [-0.15, -0.1) is 0 Å². The van der Waals surface area contributed by atoms with Crippen LogP contribution in [0.25, 0.3) is 0 Å². The van der Waals surface area contributed by atoms with Crippen LogP contribution in [-0.2, 0) is 14.8 Å². The molecule has 3 amide bonds. The summed E-state index contributed by atoms with van der Waals surface area (Å²) in [5, 5.41) is 16.9. The molecule has 3 N–H and O–H groups in total. The van der Waals surface area contributed by atoms with E-state index >= 15 is 0 Å². The van der Waals surface area contributed by atoms with Crippen molar-refractivity contribution < 1.29 is 37.1 Å². The molecule has 3 aromatic rings. The van der Waals surface area contributed by atoms with E-state index in [0.29, 0.717) is 24.5 Å². The maximum absolute atomic E-state index is 14.4. The molecule has 0 aliphatic carbocycles. The Hall–Kier alpha value is -4.14. The fourth-order valence-corrected chi connectivity index (χ4v) is 6.99. The van der Waals surface area contributed by atoms with E-state index in [2.05, 4.69) is 15.2 Å². The number of anilines is 2. The molecule has 4 rings (SSSR count). The number of urea groups is 1. The van der Waals surface area contributed by atoms with Gasteiger partial charge in [-0.1, -0.05) is 30.3 Å². The summed E-state index contributed by atoms with van der Waals surface area (Å²) in [6, 6.07) is 12.8. The lowest BCUT2D eigenvalue weighted by Crippen LogP contribution is -2.48. The fourth-order valence-electron chi connectivity index (χ4n) is 5.61. The highest BCUT2D eigenvalue weighted by atomic mass is 32.2. The molecule has 0 unspecified atom stereocenters. The van der Waals surface area contributed by atoms with E-state index in [-0.39, 0.29) is 65.3 Å². The van der Waals surface area contributed by atoms with E-state index in [1.165, 1.54) is 24.8 Å². The predicted octanol–water partition coefficient (Wildman–Crippen LogP) is 5.05. The van der Waals surface area contributed by atoms with Crippen LogP contribution in [0.4, 0.5) is 16.2 Å². The van der Waals surface area contributed by atoms with E-state index in [1.807, 2.05) is 44.2 Å². The number of aliphatic hydroxyl groups excluding tert-OH is 1. The molecule has 1 aliphatic heterocycles. The molecule has 2 heterocycles. The fraction of sp³-hybridized carbons (Fsp3) is 0.500. The molecular formula is C34H47N5O8S. The van der Waals surface area contributed by atoms with E-state index < -0.39 is 28.1 Å². The lowest BCUT2D eigenvalue weighted by molar-refractivity contribution is -0.0115. The molecule has 4 atom stereocenters. The number of fused-ring (bicyclic) bond motifs is 1. The van der Waals surface area contributed by atoms with Crippen LogP contribution in [0.2, 0.25) is 0 Å². The number of hydrogen-bond acceptors (Lipinski definition) is 9. The number of benzene rings is 2. The van der Waals surface area contributed by atoms with E-state index in [0.717, 1.165) is 12.8 Å². The number of ether oxygens (including phenoxy) is 2. The first-order chi connectivity index (χ1) is 22.8. The molecule has 14 heteroatoms. The summed E-state index contributed by atoms with van der Waals surface area (Å²) in [6.07, 6.45) is 1.58. The first-order valence-electron chi connectivity index (χ1n) is 16.2. The van der Waals surface area contributed by atoms with Crippen LogP contribution in [0, 0.1) is 19.8 Å². The number of nitrogens with one attached hydrogen (secondary N) is 2. The van der Waals surface area contributed by atoms with Gasteiger partial charge in [0.15, 0.2) is 10.7 Å². The molecular weight excluding hydrogens is 638 g/mol. The Morgan fingerprint density at radius 1 is 1.12 bits per heavy atom. The summed E-state index contributed by atoms with van der Waals surface area (Å²) in [5.74, 6) is -0.265. The molecule has 1 aromatic heterocycles. The van der Waals surface area contributed by atoms with Gasteiger partial charge >= 0.3 is 6.03 Å². The average molecular weight is 686 g/mol. The number of carbonyl (C=O) groups is 2. The van der Waals surface area contributed by atoms with Crippen molar-refractivity contribution in [2.24, 2.45) is 5.92 Å². The minimum absolute atomic E-state index is 0.0726. The van der Waals surface area contributed by atoms with Crippen LogP contribution in [0.5, 0.6) is 5.75 Å². The highest BCUT2D eigenvalue weighted by Crippen LogP contribution is 2.30. The molecule has 0 saturated heterocycles. The minimum Gasteiger partial charge on any atom is -0.490 e.